The van der Waals surface area contributed by atoms with E-state index in [1.54, 1.807) is 0 Å². The van der Waals surface area contributed by atoms with E-state index < -0.39 is 10.8 Å². The molecule has 3 nitrogen and oxygen atoms in total. The fraction of sp³-hybridized carbons (Fsp3) is 0.107. The van der Waals surface area contributed by atoms with Gasteiger partial charge in [0.2, 0.25) is 5.90 Å². The second-order valence-electron chi connectivity index (χ2n) is 7.82. The van der Waals surface area contributed by atoms with Crippen LogP contribution in [0.3, 0.4) is 0 Å². The second-order valence-corrected chi connectivity index (χ2v) is 9.27. The first kappa shape index (κ1) is 20.4. The van der Waals surface area contributed by atoms with Crippen LogP contribution in [0.4, 0.5) is 0 Å². The SMILES string of the molecule is Cc1ccc(S(=O)c2ccccc2C2=N[C@@H](c3ccccc3)[C@@H](c3ccccc3)O2)cc1. The number of ether oxygens (including phenoxy) is 1. The second kappa shape index (κ2) is 8.93. The van der Waals surface area contributed by atoms with Gasteiger partial charge in [-0.05, 0) is 42.3 Å². The Morgan fingerprint density at radius 2 is 1.31 bits per heavy atom. The van der Waals surface area contributed by atoms with E-state index in [0.29, 0.717) is 10.8 Å². The Labute approximate surface area is 190 Å². The highest BCUT2D eigenvalue weighted by Crippen LogP contribution is 2.41. The van der Waals surface area contributed by atoms with Gasteiger partial charge in [0.1, 0.15) is 6.04 Å². The van der Waals surface area contributed by atoms with Crippen molar-refractivity contribution < 1.29 is 8.95 Å². The van der Waals surface area contributed by atoms with Gasteiger partial charge in [0.25, 0.3) is 0 Å². The molecule has 3 atom stereocenters. The lowest BCUT2D eigenvalue weighted by molar-refractivity contribution is 0.197. The third-order valence-corrected chi connectivity index (χ3v) is 7.06. The molecule has 4 aromatic carbocycles. The summed E-state index contributed by atoms with van der Waals surface area (Å²) in [5.41, 5.74) is 4.07. The van der Waals surface area contributed by atoms with Crippen molar-refractivity contribution in [2.45, 2.75) is 28.9 Å². The Bertz CT molecular complexity index is 1270. The molecule has 0 amide bonds. The molecule has 0 N–H and O–H groups in total. The molecule has 1 heterocycles. The summed E-state index contributed by atoms with van der Waals surface area (Å²) in [6.07, 6.45) is -0.241. The van der Waals surface area contributed by atoms with E-state index in [2.05, 4.69) is 24.3 Å². The molecular formula is C28H23NO2S. The van der Waals surface area contributed by atoms with E-state index in [1.165, 1.54) is 0 Å². The molecule has 4 aromatic rings. The lowest BCUT2D eigenvalue weighted by atomic mass is 9.97. The largest absolute Gasteiger partial charge is 0.467 e. The summed E-state index contributed by atoms with van der Waals surface area (Å²) in [6.45, 7) is 2.02. The summed E-state index contributed by atoms with van der Waals surface area (Å²) in [5, 5.41) is 0. The van der Waals surface area contributed by atoms with Crippen molar-refractivity contribution >= 4 is 16.7 Å². The maximum Gasteiger partial charge on any atom is 0.218 e. The first-order valence-corrected chi connectivity index (χ1v) is 11.8. The zero-order valence-electron chi connectivity index (χ0n) is 17.7. The minimum atomic E-state index is -1.33. The molecule has 32 heavy (non-hydrogen) atoms. The first-order valence-electron chi connectivity index (χ1n) is 10.6. The molecule has 1 aliphatic rings. The summed E-state index contributed by atoms with van der Waals surface area (Å²) in [7, 11) is -1.33. The molecule has 0 saturated carbocycles. The smallest absolute Gasteiger partial charge is 0.218 e. The van der Waals surface area contributed by atoms with Gasteiger partial charge in [-0.2, -0.15) is 0 Å². The molecule has 0 aliphatic carbocycles. The molecule has 0 bridgehead atoms. The Morgan fingerprint density at radius 1 is 0.719 bits per heavy atom. The average Bonchev–Trinajstić information content (AvgIpc) is 3.31. The Hall–Kier alpha value is -3.50. The van der Waals surface area contributed by atoms with Crippen LogP contribution in [0.15, 0.2) is 124 Å². The normalized spacial score (nSPS) is 18.6. The Kier molecular flexibility index (Phi) is 5.70. The highest BCUT2D eigenvalue weighted by molar-refractivity contribution is 7.85. The van der Waals surface area contributed by atoms with Crippen molar-refractivity contribution in [2.24, 2.45) is 4.99 Å². The molecule has 158 valence electrons. The van der Waals surface area contributed by atoms with Gasteiger partial charge in [0.05, 0.1) is 21.3 Å². The fourth-order valence-electron chi connectivity index (χ4n) is 3.93. The monoisotopic (exact) mass is 437 g/mol. The predicted octanol–water partition coefficient (Wildman–Crippen LogP) is 6.42. The van der Waals surface area contributed by atoms with Gasteiger partial charge in [-0.3, -0.25) is 0 Å². The van der Waals surface area contributed by atoms with Gasteiger partial charge < -0.3 is 4.74 Å². The van der Waals surface area contributed by atoms with E-state index in [1.807, 2.05) is 91.9 Å². The Morgan fingerprint density at radius 3 is 2.00 bits per heavy atom. The lowest BCUT2D eigenvalue weighted by Gasteiger charge is -2.18. The van der Waals surface area contributed by atoms with E-state index >= 15 is 0 Å². The van der Waals surface area contributed by atoms with Crippen molar-refractivity contribution in [1.29, 1.82) is 0 Å². The van der Waals surface area contributed by atoms with E-state index in [4.69, 9.17) is 9.73 Å². The van der Waals surface area contributed by atoms with Crippen LogP contribution in [-0.2, 0) is 15.5 Å². The number of hydrogen-bond acceptors (Lipinski definition) is 3. The van der Waals surface area contributed by atoms with E-state index in [-0.39, 0.29) is 12.1 Å². The summed E-state index contributed by atoms with van der Waals surface area (Å²) in [5.74, 6) is 0.531. The van der Waals surface area contributed by atoms with Crippen LogP contribution in [0.1, 0.15) is 34.4 Å². The molecule has 0 fully saturated rings. The summed E-state index contributed by atoms with van der Waals surface area (Å²) < 4.78 is 19.9. The highest BCUT2D eigenvalue weighted by atomic mass is 32.2. The molecule has 0 aromatic heterocycles. The van der Waals surface area contributed by atoms with Crippen LogP contribution >= 0.6 is 0 Å². The number of rotatable bonds is 5. The molecule has 0 saturated heterocycles. The molecule has 4 heteroatoms. The number of aryl methyl sites for hydroxylation is 1. The summed E-state index contributed by atoms with van der Waals surface area (Å²) in [4.78, 5) is 6.47. The minimum absolute atomic E-state index is 0.172. The maximum absolute atomic E-state index is 13.4. The molecule has 0 spiro atoms. The van der Waals surface area contributed by atoms with Gasteiger partial charge in [-0.25, -0.2) is 9.20 Å². The van der Waals surface area contributed by atoms with Gasteiger partial charge in [-0.15, -0.1) is 0 Å². The molecule has 5 rings (SSSR count). The van der Waals surface area contributed by atoms with Gasteiger partial charge in [0, 0.05) is 4.90 Å². The third-order valence-electron chi connectivity index (χ3n) is 5.60. The van der Waals surface area contributed by atoms with Gasteiger partial charge >= 0.3 is 0 Å². The maximum atomic E-state index is 13.4. The molecule has 1 unspecified atom stereocenters. The topological polar surface area (TPSA) is 38.7 Å². The average molecular weight is 438 g/mol. The van der Waals surface area contributed by atoms with Crippen LogP contribution in [0, 0.1) is 6.92 Å². The van der Waals surface area contributed by atoms with Crippen molar-refractivity contribution in [1.82, 2.24) is 0 Å². The summed E-state index contributed by atoms with van der Waals surface area (Å²) in [6, 6.07) is 35.6. The number of aliphatic imine (C=N–C) groups is 1. The minimum Gasteiger partial charge on any atom is -0.467 e. The van der Waals surface area contributed by atoms with Crippen LogP contribution in [0.5, 0.6) is 0 Å². The van der Waals surface area contributed by atoms with Crippen LogP contribution in [0.2, 0.25) is 0 Å². The predicted molar refractivity (Wildman–Crippen MR) is 128 cm³/mol. The molecular weight excluding hydrogens is 414 g/mol. The van der Waals surface area contributed by atoms with E-state index in [9.17, 15) is 4.21 Å². The van der Waals surface area contributed by atoms with Gasteiger partial charge in [-0.1, -0.05) is 90.5 Å². The fourth-order valence-corrected chi connectivity index (χ4v) is 5.12. The van der Waals surface area contributed by atoms with Crippen LogP contribution in [0.25, 0.3) is 0 Å². The standard InChI is InChI=1S/C28H23NO2S/c1-20-16-18-23(19-17-20)32(30)25-15-9-8-14-24(25)28-29-26(21-10-4-2-5-11-21)27(31-28)22-12-6-3-7-13-22/h2-19,26-27H,1H3/t26-,27+,32?/m0/s1. The zero-order chi connectivity index (χ0) is 21.9. The van der Waals surface area contributed by atoms with Crippen molar-refractivity contribution in [3.63, 3.8) is 0 Å². The highest BCUT2D eigenvalue weighted by Gasteiger charge is 2.35. The number of hydrogen-bond donors (Lipinski definition) is 0. The van der Waals surface area contributed by atoms with Crippen molar-refractivity contribution in [2.75, 3.05) is 0 Å². The van der Waals surface area contributed by atoms with Crippen LogP contribution < -0.4 is 0 Å². The van der Waals surface area contributed by atoms with Crippen LogP contribution in [-0.4, -0.2) is 10.1 Å². The van der Waals surface area contributed by atoms with Crippen molar-refractivity contribution in [3.05, 3.63) is 131 Å². The van der Waals surface area contributed by atoms with Gasteiger partial charge in [0.15, 0.2) is 6.10 Å². The quantitative estimate of drug-likeness (QED) is 0.361. The Balaban J connectivity index is 1.56. The number of nitrogens with zero attached hydrogens (tertiary/aromatic N) is 1. The molecule has 0 radical (unpaired) electrons. The number of benzene rings is 4. The van der Waals surface area contributed by atoms with E-state index in [0.717, 1.165) is 27.1 Å². The van der Waals surface area contributed by atoms with Crippen molar-refractivity contribution in [3.8, 4) is 0 Å². The third kappa shape index (κ3) is 4.02. The summed E-state index contributed by atoms with van der Waals surface area (Å²) >= 11 is 0. The lowest BCUT2D eigenvalue weighted by Crippen LogP contribution is -2.11. The first-order chi connectivity index (χ1) is 15.7. The molecule has 1 aliphatic heterocycles. The zero-order valence-corrected chi connectivity index (χ0v) is 18.5.